The molecule has 1 fully saturated rings. The summed E-state index contributed by atoms with van der Waals surface area (Å²) >= 11 is 6.07. The van der Waals surface area contributed by atoms with E-state index in [4.69, 9.17) is 16.3 Å². The van der Waals surface area contributed by atoms with Crippen molar-refractivity contribution >= 4 is 27.5 Å². The third-order valence-electron chi connectivity index (χ3n) is 4.70. The Morgan fingerprint density at radius 3 is 2.25 bits per heavy atom. The molecule has 0 aliphatic carbocycles. The first-order chi connectivity index (χ1) is 13.3. The lowest BCUT2D eigenvalue weighted by molar-refractivity contribution is -0.139. The zero-order valence-corrected chi connectivity index (χ0v) is 17.4. The van der Waals surface area contributed by atoms with Gasteiger partial charge in [0.05, 0.1) is 9.92 Å². The predicted molar refractivity (Wildman–Crippen MR) is 108 cm³/mol. The number of ether oxygens (including phenoxy) is 1. The van der Waals surface area contributed by atoms with E-state index in [0.29, 0.717) is 23.9 Å². The number of aryl methyl sites for hydroxylation is 1. The molecule has 1 amide bonds. The van der Waals surface area contributed by atoms with Crippen molar-refractivity contribution in [3.8, 4) is 5.75 Å². The van der Waals surface area contributed by atoms with E-state index in [1.165, 1.54) is 4.31 Å². The van der Waals surface area contributed by atoms with Crippen molar-refractivity contribution in [1.29, 1.82) is 0 Å². The highest BCUT2D eigenvalue weighted by atomic mass is 35.5. The van der Waals surface area contributed by atoms with Crippen LogP contribution in [0.25, 0.3) is 0 Å². The molecule has 6 nitrogen and oxygen atoms in total. The van der Waals surface area contributed by atoms with E-state index in [1.54, 1.807) is 60.4 Å². The molecule has 0 N–H and O–H groups in total. The van der Waals surface area contributed by atoms with E-state index in [2.05, 4.69) is 0 Å². The molecule has 1 heterocycles. The Balaban J connectivity index is 1.60. The van der Waals surface area contributed by atoms with Crippen LogP contribution in [0.5, 0.6) is 5.75 Å². The molecule has 0 bridgehead atoms. The molecule has 1 aliphatic heterocycles. The van der Waals surface area contributed by atoms with Crippen molar-refractivity contribution < 1.29 is 17.9 Å². The van der Waals surface area contributed by atoms with Crippen LogP contribution in [-0.4, -0.2) is 55.8 Å². The first kappa shape index (κ1) is 20.6. The zero-order chi connectivity index (χ0) is 20.3. The SMILES string of the molecule is Cc1ccc(S(=O)(=O)N2CCN(C(=O)[C@H](C)Oc3ccccc3Cl)CC2)cc1. The maximum absolute atomic E-state index is 12.8. The Bertz CT molecular complexity index is 939. The first-order valence-corrected chi connectivity index (χ1v) is 10.9. The minimum atomic E-state index is -3.56. The Morgan fingerprint density at radius 1 is 1.04 bits per heavy atom. The molecule has 0 radical (unpaired) electrons. The Morgan fingerprint density at radius 2 is 1.64 bits per heavy atom. The highest BCUT2D eigenvalue weighted by molar-refractivity contribution is 7.89. The van der Waals surface area contributed by atoms with E-state index in [1.807, 2.05) is 6.92 Å². The normalized spacial score (nSPS) is 16.6. The largest absolute Gasteiger partial charge is 0.479 e. The monoisotopic (exact) mass is 422 g/mol. The third-order valence-corrected chi connectivity index (χ3v) is 6.92. The summed E-state index contributed by atoms with van der Waals surface area (Å²) in [6, 6.07) is 13.8. The number of carbonyl (C=O) groups is 1. The standard InChI is InChI=1S/C20H23ClN2O4S/c1-15-7-9-17(10-8-15)28(25,26)23-13-11-22(12-14-23)20(24)16(2)27-19-6-4-3-5-18(19)21/h3-10,16H,11-14H2,1-2H3/t16-/m0/s1. The van der Waals surface area contributed by atoms with Crippen LogP contribution >= 0.6 is 11.6 Å². The summed E-state index contributed by atoms with van der Waals surface area (Å²) in [6.07, 6.45) is -0.708. The number of hydrogen-bond donors (Lipinski definition) is 0. The lowest BCUT2D eigenvalue weighted by Gasteiger charge is -2.35. The second-order valence-corrected chi connectivity index (χ2v) is 9.08. The number of para-hydroxylation sites is 1. The zero-order valence-electron chi connectivity index (χ0n) is 15.8. The molecule has 0 unspecified atom stereocenters. The second kappa shape index (κ2) is 8.51. The molecule has 150 valence electrons. The van der Waals surface area contributed by atoms with Gasteiger partial charge >= 0.3 is 0 Å². The third kappa shape index (κ3) is 4.48. The van der Waals surface area contributed by atoms with Gasteiger partial charge in [0.2, 0.25) is 10.0 Å². The lowest BCUT2D eigenvalue weighted by Crippen LogP contribution is -2.53. The first-order valence-electron chi connectivity index (χ1n) is 9.06. The van der Waals surface area contributed by atoms with Crippen molar-refractivity contribution in [3.05, 3.63) is 59.1 Å². The van der Waals surface area contributed by atoms with E-state index < -0.39 is 16.1 Å². The second-order valence-electron chi connectivity index (χ2n) is 6.73. The number of rotatable bonds is 5. The summed E-state index contributed by atoms with van der Waals surface area (Å²) in [7, 11) is -3.56. The molecular weight excluding hydrogens is 400 g/mol. The van der Waals surface area contributed by atoms with E-state index in [-0.39, 0.29) is 23.9 Å². The topological polar surface area (TPSA) is 66.9 Å². The fourth-order valence-corrected chi connectivity index (χ4v) is 4.65. The lowest BCUT2D eigenvalue weighted by atomic mass is 10.2. The van der Waals surface area contributed by atoms with Gasteiger partial charge in [0.15, 0.2) is 6.10 Å². The van der Waals surface area contributed by atoms with Crippen LogP contribution in [-0.2, 0) is 14.8 Å². The number of nitrogens with zero attached hydrogens (tertiary/aromatic N) is 2. The fraction of sp³-hybridized carbons (Fsp3) is 0.350. The van der Waals surface area contributed by atoms with Gasteiger partial charge in [0.1, 0.15) is 5.75 Å². The van der Waals surface area contributed by atoms with Crippen LogP contribution in [0.3, 0.4) is 0 Å². The summed E-state index contributed by atoms with van der Waals surface area (Å²) in [5.41, 5.74) is 1.00. The van der Waals surface area contributed by atoms with Gasteiger partial charge in [-0.15, -0.1) is 0 Å². The van der Waals surface area contributed by atoms with Crippen LogP contribution in [0.15, 0.2) is 53.4 Å². The molecular formula is C20H23ClN2O4S. The molecule has 1 saturated heterocycles. The Kier molecular flexibility index (Phi) is 6.27. The van der Waals surface area contributed by atoms with Crippen LogP contribution in [0, 0.1) is 6.92 Å². The molecule has 3 rings (SSSR count). The Hall–Kier alpha value is -2.09. The number of sulfonamides is 1. The highest BCUT2D eigenvalue weighted by Gasteiger charge is 2.32. The molecule has 2 aromatic carbocycles. The predicted octanol–water partition coefficient (Wildman–Crippen LogP) is 2.95. The van der Waals surface area contributed by atoms with Gasteiger partial charge in [-0.2, -0.15) is 4.31 Å². The van der Waals surface area contributed by atoms with Crippen molar-refractivity contribution in [2.24, 2.45) is 0 Å². The number of carbonyl (C=O) groups excluding carboxylic acids is 1. The molecule has 2 aromatic rings. The summed E-state index contributed by atoms with van der Waals surface area (Å²) in [6.45, 7) is 4.72. The van der Waals surface area contributed by atoms with E-state index in [0.717, 1.165) is 5.56 Å². The van der Waals surface area contributed by atoms with Gasteiger partial charge in [-0.25, -0.2) is 8.42 Å². The average Bonchev–Trinajstić information content (AvgIpc) is 2.69. The molecule has 28 heavy (non-hydrogen) atoms. The van der Waals surface area contributed by atoms with Crippen molar-refractivity contribution in [3.63, 3.8) is 0 Å². The van der Waals surface area contributed by atoms with E-state index >= 15 is 0 Å². The quantitative estimate of drug-likeness (QED) is 0.743. The molecule has 0 saturated carbocycles. The van der Waals surface area contributed by atoms with Crippen LogP contribution in [0.4, 0.5) is 0 Å². The Labute approximate surface area is 170 Å². The smallest absolute Gasteiger partial charge is 0.263 e. The molecule has 8 heteroatoms. The number of amides is 1. The summed E-state index contributed by atoms with van der Waals surface area (Å²) < 4.78 is 32.6. The van der Waals surface area contributed by atoms with Gasteiger partial charge in [-0.05, 0) is 38.1 Å². The average molecular weight is 423 g/mol. The van der Waals surface area contributed by atoms with Gasteiger partial charge in [-0.3, -0.25) is 4.79 Å². The number of hydrogen-bond acceptors (Lipinski definition) is 4. The highest BCUT2D eigenvalue weighted by Crippen LogP contribution is 2.25. The summed E-state index contributed by atoms with van der Waals surface area (Å²) in [5.74, 6) is 0.262. The van der Waals surface area contributed by atoms with Crippen molar-refractivity contribution in [2.75, 3.05) is 26.2 Å². The van der Waals surface area contributed by atoms with Gasteiger partial charge in [-0.1, -0.05) is 41.4 Å². The van der Waals surface area contributed by atoms with Crippen molar-refractivity contribution in [2.45, 2.75) is 24.8 Å². The summed E-state index contributed by atoms with van der Waals surface area (Å²) in [4.78, 5) is 14.6. The maximum Gasteiger partial charge on any atom is 0.263 e. The van der Waals surface area contributed by atoms with E-state index in [9.17, 15) is 13.2 Å². The van der Waals surface area contributed by atoms with Crippen LogP contribution < -0.4 is 4.74 Å². The van der Waals surface area contributed by atoms with Gasteiger partial charge in [0, 0.05) is 26.2 Å². The molecule has 0 aromatic heterocycles. The fourth-order valence-electron chi connectivity index (χ4n) is 3.05. The molecule has 1 atom stereocenters. The van der Waals surface area contributed by atoms with Crippen molar-refractivity contribution in [1.82, 2.24) is 9.21 Å². The van der Waals surface area contributed by atoms with Gasteiger partial charge in [0.25, 0.3) is 5.91 Å². The minimum Gasteiger partial charge on any atom is -0.479 e. The van der Waals surface area contributed by atoms with Gasteiger partial charge < -0.3 is 9.64 Å². The van der Waals surface area contributed by atoms with Crippen LogP contribution in [0.1, 0.15) is 12.5 Å². The maximum atomic E-state index is 12.8. The summed E-state index contributed by atoms with van der Waals surface area (Å²) in [5, 5.41) is 0.441. The minimum absolute atomic E-state index is 0.188. The number of halogens is 1. The molecule has 1 aliphatic rings. The van der Waals surface area contributed by atoms with Crippen LogP contribution in [0.2, 0.25) is 5.02 Å². The number of piperazine rings is 1. The number of benzene rings is 2. The molecule has 0 spiro atoms.